The van der Waals surface area contributed by atoms with E-state index >= 15 is 0 Å². The second-order valence-electron chi connectivity index (χ2n) is 5.28. The average molecular weight is 364 g/mol. The van der Waals surface area contributed by atoms with Gasteiger partial charge in [-0.25, -0.2) is 17.8 Å². The van der Waals surface area contributed by atoms with Crippen LogP contribution in [0.15, 0.2) is 35.4 Å². The molecule has 0 bridgehead atoms. The molecule has 1 aromatic heterocycles. The quantitative estimate of drug-likeness (QED) is 0.553. The summed E-state index contributed by atoms with van der Waals surface area (Å²) in [6.07, 6.45) is 1.28. The third-order valence-electron chi connectivity index (χ3n) is 3.38. The lowest BCUT2D eigenvalue weighted by Gasteiger charge is -2.13. The predicted octanol–water partition coefficient (Wildman–Crippen LogP) is 2.33. The maximum Gasteiger partial charge on any atom is 0.194 e. The Hall–Kier alpha value is -2.34. The second-order valence-corrected chi connectivity index (χ2v) is 7.21. The molecule has 0 saturated heterocycles. The van der Waals surface area contributed by atoms with Crippen molar-refractivity contribution in [1.29, 1.82) is 5.26 Å². The number of methoxy groups -OCH3 is 1. The van der Waals surface area contributed by atoms with Crippen LogP contribution in [-0.2, 0) is 25.7 Å². The molecule has 0 radical (unpaired) electrons. The standard InChI is InChI=1S/C17H17FN2O4S/c1-23-11-24-8-7-12-9-13(10-19)17(25(2,21)22)20-16(12)14-5-3-4-6-15(14)18/h3-6,9H,7-8,11H2,1-2H3. The summed E-state index contributed by atoms with van der Waals surface area (Å²) in [5.74, 6) is -0.529. The van der Waals surface area contributed by atoms with E-state index in [0.29, 0.717) is 12.0 Å². The van der Waals surface area contributed by atoms with Gasteiger partial charge < -0.3 is 9.47 Å². The summed E-state index contributed by atoms with van der Waals surface area (Å²) in [5.41, 5.74) is 0.784. The number of nitriles is 1. The average Bonchev–Trinajstić information content (AvgIpc) is 2.58. The third kappa shape index (κ3) is 4.60. The van der Waals surface area contributed by atoms with Gasteiger partial charge in [0.15, 0.2) is 14.9 Å². The minimum absolute atomic E-state index is 0.0793. The van der Waals surface area contributed by atoms with Crippen molar-refractivity contribution in [2.45, 2.75) is 11.4 Å². The van der Waals surface area contributed by atoms with Gasteiger partial charge in [-0.3, -0.25) is 0 Å². The topological polar surface area (TPSA) is 89.3 Å². The molecule has 132 valence electrons. The van der Waals surface area contributed by atoms with Gasteiger partial charge in [-0.05, 0) is 30.2 Å². The van der Waals surface area contributed by atoms with E-state index in [1.165, 1.54) is 31.4 Å². The fraction of sp³-hybridized carbons (Fsp3) is 0.294. The van der Waals surface area contributed by atoms with Crippen LogP contribution in [-0.4, -0.2) is 40.2 Å². The molecule has 0 atom stereocenters. The normalized spacial score (nSPS) is 11.3. The van der Waals surface area contributed by atoms with E-state index < -0.39 is 15.7 Å². The molecular formula is C17H17FN2O4S. The Bertz CT molecular complexity index is 907. The molecule has 0 spiro atoms. The van der Waals surface area contributed by atoms with Crippen molar-refractivity contribution in [2.75, 3.05) is 26.8 Å². The number of halogens is 1. The van der Waals surface area contributed by atoms with Crippen LogP contribution in [0.5, 0.6) is 0 Å². The van der Waals surface area contributed by atoms with Gasteiger partial charge in [0.25, 0.3) is 0 Å². The first kappa shape index (κ1) is 19.0. The summed E-state index contributed by atoms with van der Waals surface area (Å²) >= 11 is 0. The van der Waals surface area contributed by atoms with Crippen LogP contribution in [0.3, 0.4) is 0 Å². The molecule has 0 aliphatic carbocycles. The number of nitrogens with zero attached hydrogens (tertiary/aromatic N) is 2. The monoisotopic (exact) mass is 364 g/mol. The van der Waals surface area contributed by atoms with Crippen molar-refractivity contribution in [3.8, 4) is 17.3 Å². The van der Waals surface area contributed by atoms with Gasteiger partial charge in [0, 0.05) is 18.9 Å². The van der Waals surface area contributed by atoms with Crippen molar-refractivity contribution in [3.63, 3.8) is 0 Å². The van der Waals surface area contributed by atoms with Gasteiger partial charge in [-0.2, -0.15) is 5.26 Å². The Morgan fingerprint density at radius 1 is 1.32 bits per heavy atom. The van der Waals surface area contributed by atoms with E-state index in [0.717, 1.165) is 6.26 Å². The lowest BCUT2D eigenvalue weighted by atomic mass is 10.0. The van der Waals surface area contributed by atoms with Crippen LogP contribution >= 0.6 is 0 Å². The van der Waals surface area contributed by atoms with Gasteiger partial charge >= 0.3 is 0 Å². The molecule has 0 aliphatic rings. The highest BCUT2D eigenvalue weighted by Crippen LogP contribution is 2.28. The SMILES string of the molecule is COCOCCc1cc(C#N)c(S(C)(=O)=O)nc1-c1ccccc1F. The van der Waals surface area contributed by atoms with Crippen molar-refractivity contribution < 1.29 is 22.3 Å². The smallest absolute Gasteiger partial charge is 0.194 e. The van der Waals surface area contributed by atoms with Crippen LogP contribution in [0.25, 0.3) is 11.3 Å². The zero-order valence-corrected chi connectivity index (χ0v) is 14.6. The van der Waals surface area contributed by atoms with E-state index in [1.807, 2.05) is 6.07 Å². The molecule has 0 N–H and O–H groups in total. The third-order valence-corrected chi connectivity index (χ3v) is 4.40. The Kier molecular flexibility index (Phi) is 6.20. The van der Waals surface area contributed by atoms with Gasteiger partial charge in [-0.15, -0.1) is 0 Å². The maximum absolute atomic E-state index is 14.2. The Morgan fingerprint density at radius 2 is 2.04 bits per heavy atom. The van der Waals surface area contributed by atoms with Gasteiger partial charge in [0.1, 0.15) is 18.7 Å². The second kappa shape index (κ2) is 8.16. The Morgan fingerprint density at radius 3 is 2.64 bits per heavy atom. The molecule has 2 aromatic rings. The fourth-order valence-electron chi connectivity index (χ4n) is 2.30. The molecule has 0 aliphatic heterocycles. The lowest BCUT2D eigenvalue weighted by molar-refractivity contribution is -0.0291. The molecule has 1 heterocycles. The summed E-state index contributed by atoms with van der Waals surface area (Å²) < 4.78 is 48.1. The summed E-state index contributed by atoms with van der Waals surface area (Å²) in [7, 11) is -2.25. The van der Waals surface area contributed by atoms with Gasteiger partial charge in [0.2, 0.25) is 0 Å². The van der Waals surface area contributed by atoms with Crippen molar-refractivity contribution in [1.82, 2.24) is 4.98 Å². The van der Waals surface area contributed by atoms with E-state index in [9.17, 15) is 18.1 Å². The molecule has 0 fully saturated rings. The minimum Gasteiger partial charge on any atom is -0.359 e. The number of rotatable bonds is 7. The van der Waals surface area contributed by atoms with Crippen molar-refractivity contribution >= 4 is 9.84 Å². The largest absolute Gasteiger partial charge is 0.359 e. The maximum atomic E-state index is 14.2. The molecule has 25 heavy (non-hydrogen) atoms. The predicted molar refractivity (Wildman–Crippen MR) is 89.0 cm³/mol. The van der Waals surface area contributed by atoms with Crippen LogP contribution in [0.1, 0.15) is 11.1 Å². The van der Waals surface area contributed by atoms with Crippen LogP contribution in [0.4, 0.5) is 4.39 Å². The number of hydrogen-bond acceptors (Lipinski definition) is 6. The Labute approximate surface area is 145 Å². The van der Waals surface area contributed by atoms with E-state index in [4.69, 9.17) is 9.47 Å². The first-order chi connectivity index (χ1) is 11.9. The van der Waals surface area contributed by atoms with Crippen LogP contribution < -0.4 is 0 Å². The Balaban J connectivity index is 2.60. The van der Waals surface area contributed by atoms with E-state index in [1.54, 1.807) is 6.07 Å². The van der Waals surface area contributed by atoms with Crippen molar-refractivity contribution in [3.05, 3.63) is 47.3 Å². The van der Waals surface area contributed by atoms with E-state index in [2.05, 4.69) is 4.98 Å². The molecule has 1 aromatic carbocycles. The number of aromatic nitrogens is 1. The minimum atomic E-state index is -3.74. The van der Waals surface area contributed by atoms with Gasteiger partial charge in [-0.1, -0.05) is 12.1 Å². The van der Waals surface area contributed by atoms with E-state index in [-0.39, 0.29) is 35.2 Å². The summed E-state index contributed by atoms with van der Waals surface area (Å²) in [4.78, 5) is 4.11. The first-order valence-electron chi connectivity index (χ1n) is 7.34. The molecular weight excluding hydrogens is 347 g/mol. The first-order valence-corrected chi connectivity index (χ1v) is 9.23. The molecule has 8 heteroatoms. The number of hydrogen-bond donors (Lipinski definition) is 0. The highest BCUT2D eigenvalue weighted by Gasteiger charge is 2.21. The van der Waals surface area contributed by atoms with Crippen LogP contribution in [0.2, 0.25) is 0 Å². The fourth-order valence-corrected chi connectivity index (χ4v) is 3.06. The molecule has 0 unspecified atom stereocenters. The zero-order chi connectivity index (χ0) is 18.4. The highest BCUT2D eigenvalue weighted by atomic mass is 32.2. The zero-order valence-electron chi connectivity index (χ0n) is 13.8. The lowest BCUT2D eigenvalue weighted by Crippen LogP contribution is -2.10. The molecule has 0 amide bonds. The summed E-state index contributed by atoms with van der Waals surface area (Å²) in [5, 5.41) is 8.89. The number of sulfone groups is 1. The summed E-state index contributed by atoms with van der Waals surface area (Å²) in [6.45, 7) is 0.342. The van der Waals surface area contributed by atoms with Crippen molar-refractivity contribution in [2.24, 2.45) is 0 Å². The highest BCUT2D eigenvalue weighted by molar-refractivity contribution is 7.90. The van der Waals surface area contributed by atoms with Gasteiger partial charge in [0.05, 0.1) is 17.9 Å². The number of pyridine rings is 1. The molecule has 6 nitrogen and oxygen atoms in total. The summed E-state index contributed by atoms with van der Waals surface area (Å²) in [6, 6.07) is 9.19. The number of benzene rings is 1. The molecule has 2 rings (SSSR count). The molecule has 0 saturated carbocycles. The number of ether oxygens (including phenoxy) is 2. The van der Waals surface area contributed by atoms with Crippen LogP contribution in [0, 0.1) is 17.1 Å².